The first-order valence-corrected chi connectivity index (χ1v) is 9.30. The van der Waals surface area contributed by atoms with Gasteiger partial charge in [-0.05, 0) is 12.1 Å². The predicted octanol–water partition coefficient (Wildman–Crippen LogP) is 0.0360. The molecule has 0 aromatic heterocycles. The highest BCUT2D eigenvalue weighted by Gasteiger charge is 2.28. The predicted molar refractivity (Wildman–Crippen MR) is 73.3 cm³/mol. The molecular formula is C9H9ClN2O7S2. The molecule has 0 atom stereocenters. The number of nitro benzene ring substituents is 1. The van der Waals surface area contributed by atoms with Crippen LogP contribution in [0.5, 0.6) is 0 Å². The molecule has 2 N–H and O–H groups in total. The number of amides is 1. The van der Waals surface area contributed by atoms with Gasteiger partial charge in [-0.25, -0.2) is 16.8 Å². The monoisotopic (exact) mass is 356 g/mol. The number of rotatable bonds is 6. The molecule has 0 unspecified atom stereocenters. The van der Waals surface area contributed by atoms with E-state index in [0.29, 0.717) is 0 Å². The third kappa shape index (κ3) is 4.65. The van der Waals surface area contributed by atoms with Crippen molar-refractivity contribution in [3.05, 3.63) is 33.9 Å². The van der Waals surface area contributed by atoms with Crippen molar-refractivity contribution in [2.45, 2.75) is 4.90 Å². The number of nitrogens with two attached hydrogens (primary N) is 1. The summed E-state index contributed by atoms with van der Waals surface area (Å²) in [6, 6.07) is 2.54. The Bertz CT molecular complexity index is 801. The van der Waals surface area contributed by atoms with Crippen LogP contribution in [-0.4, -0.2) is 39.2 Å². The summed E-state index contributed by atoms with van der Waals surface area (Å²) in [5, 5.41) is 10.8. The smallest absolute Gasteiger partial charge is 0.288 e. The lowest BCUT2D eigenvalue weighted by atomic mass is 10.2. The van der Waals surface area contributed by atoms with Crippen molar-refractivity contribution in [1.29, 1.82) is 0 Å². The Morgan fingerprint density at radius 1 is 1.24 bits per heavy atom. The Morgan fingerprint density at radius 2 is 1.81 bits per heavy atom. The van der Waals surface area contributed by atoms with Gasteiger partial charge in [-0.2, -0.15) is 0 Å². The number of sulfone groups is 1. The van der Waals surface area contributed by atoms with Gasteiger partial charge in [0.15, 0.2) is 9.84 Å². The zero-order chi connectivity index (χ0) is 16.4. The quantitative estimate of drug-likeness (QED) is 0.428. The fraction of sp³-hybridized carbons (Fsp3) is 0.222. The van der Waals surface area contributed by atoms with E-state index in [1.165, 1.54) is 0 Å². The van der Waals surface area contributed by atoms with Crippen LogP contribution in [0.1, 0.15) is 10.4 Å². The van der Waals surface area contributed by atoms with Crippen LogP contribution in [0.25, 0.3) is 0 Å². The molecule has 1 rings (SSSR count). The first-order chi connectivity index (χ1) is 9.44. The third-order valence-corrected chi connectivity index (χ3v) is 5.52. The summed E-state index contributed by atoms with van der Waals surface area (Å²) in [7, 11) is -3.52. The van der Waals surface area contributed by atoms with E-state index in [0.717, 1.165) is 18.2 Å². The first-order valence-electron chi connectivity index (χ1n) is 5.17. The van der Waals surface area contributed by atoms with E-state index in [1.54, 1.807) is 0 Å². The number of hydrogen-bond acceptors (Lipinski definition) is 7. The van der Waals surface area contributed by atoms with Gasteiger partial charge in [-0.15, -0.1) is 0 Å². The van der Waals surface area contributed by atoms with Gasteiger partial charge in [0, 0.05) is 22.3 Å². The van der Waals surface area contributed by atoms with E-state index in [9.17, 15) is 31.7 Å². The normalized spacial score (nSPS) is 12.0. The molecule has 1 aromatic rings. The number of carbonyl (C=O) groups is 1. The summed E-state index contributed by atoms with van der Waals surface area (Å²) >= 11 is 0. The van der Waals surface area contributed by atoms with Crippen LogP contribution in [0.3, 0.4) is 0 Å². The zero-order valence-corrected chi connectivity index (χ0v) is 12.6. The molecule has 0 saturated carbocycles. The Morgan fingerprint density at radius 3 is 2.24 bits per heavy atom. The molecule has 0 saturated heterocycles. The summed E-state index contributed by atoms with van der Waals surface area (Å²) < 4.78 is 45.6. The molecule has 0 fully saturated rings. The maximum absolute atomic E-state index is 12.0. The van der Waals surface area contributed by atoms with Crippen LogP contribution in [0.2, 0.25) is 0 Å². The average molecular weight is 357 g/mol. The van der Waals surface area contributed by atoms with Crippen LogP contribution >= 0.6 is 10.7 Å². The van der Waals surface area contributed by atoms with Crippen molar-refractivity contribution in [2.75, 3.05) is 11.5 Å². The molecule has 1 aromatic carbocycles. The number of nitrogens with zero attached hydrogens (tertiary/aromatic N) is 1. The molecule has 0 radical (unpaired) electrons. The molecule has 12 heteroatoms. The third-order valence-electron chi connectivity index (χ3n) is 2.37. The van der Waals surface area contributed by atoms with Gasteiger partial charge in [-0.3, -0.25) is 14.9 Å². The van der Waals surface area contributed by atoms with E-state index in [2.05, 4.69) is 0 Å². The average Bonchev–Trinajstić information content (AvgIpc) is 2.35. The van der Waals surface area contributed by atoms with E-state index >= 15 is 0 Å². The van der Waals surface area contributed by atoms with Crippen LogP contribution in [-0.2, 0) is 18.9 Å². The number of primary amides is 1. The molecule has 0 bridgehead atoms. The lowest BCUT2D eigenvalue weighted by molar-refractivity contribution is -0.387. The number of benzene rings is 1. The summed E-state index contributed by atoms with van der Waals surface area (Å²) in [6.45, 7) is 0. The van der Waals surface area contributed by atoms with Crippen molar-refractivity contribution in [1.82, 2.24) is 0 Å². The van der Waals surface area contributed by atoms with Crippen molar-refractivity contribution in [3.8, 4) is 0 Å². The first kappa shape index (κ1) is 17.3. The second kappa shape index (κ2) is 5.95. The van der Waals surface area contributed by atoms with Gasteiger partial charge in [0.1, 0.15) is 4.90 Å². The highest BCUT2D eigenvalue weighted by molar-refractivity contribution is 8.14. The number of carbonyl (C=O) groups excluding carboxylic acids is 1. The minimum atomic E-state index is -4.34. The van der Waals surface area contributed by atoms with Crippen molar-refractivity contribution in [2.24, 2.45) is 5.73 Å². The number of hydrogen-bond donors (Lipinski definition) is 1. The second-order valence-corrected chi connectivity index (χ2v) is 8.84. The second-order valence-electron chi connectivity index (χ2n) is 3.87. The SMILES string of the molecule is NC(=O)c1ccc([N+](=O)[O-])c(S(=O)(=O)CCS(=O)(=O)Cl)c1. The van der Waals surface area contributed by atoms with Gasteiger partial charge in [0.2, 0.25) is 15.0 Å². The Hall–Kier alpha value is -1.72. The topological polar surface area (TPSA) is 155 Å². The lowest BCUT2D eigenvalue weighted by Gasteiger charge is -2.06. The van der Waals surface area contributed by atoms with E-state index < -0.39 is 51.8 Å². The molecule has 0 heterocycles. The van der Waals surface area contributed by atoms with Crippen LogP contribution in [0.4, 0.5) is 5.69 Å². The summed E-state index contributed by atoms with van der Waals surface area (Å²) in [5.74, 6) is -2.86. The highest BCUT2D eigenvalue weighted by Crippen LogP contribution is 2.26. The molecule has 9 nitrogen and oxygen atoms in total. The zero-order valence-electron chi connectivity index (χ0n) is 10.2. The number of nitro groups is 1. The minimum absolute atomic E-state index is 0.257. The summed E-state index contributed by atoms with van der Waals surface area (Å²) in [5.41, 5.74) is 3.93. The molecule has 1 amide bonds. The summed E-state index contributed by atoms with van der Waals surface area (Å²) in [6.07, 6.45) is 0. The fourth-order valence-electron chi connectivity index (χ4n) is 1.39. The van der Waals surface area contributed by atoms with E-state index in [-0.39, 0.29) is 5.56 Å². The van der Waals surface area contributed by atoms with Gasteiger partial charge in [0.05, 0.1) is 16.4 Å². The van der Waals surface area contributed by atoms with Crippen LogP contribution in [0.15, 0.2) is 23.1 Å². The largest absolute Gasteiger partial charge is 0.366 e. The maximum Gasteiger partial charge on any atom is 0.288 e. The maximum atomic E-state index is 12.0. The van der Waals surface area contributed by atoms with Crippen molar-refractivity contribution < 1.29 is 26.6 Å². The molecule has 21 heavy (non-hydrogen) atoms. The highest BCUT2D eigenvalue weighted by atomic mass is 35.7. The Labute approximate surface area is 124 Å². The van der Waals surface area contributed by atoms with E-state index in [4.69, 9.17) is 16.4 Å². The van der Waals surface area contributed by atoms with Gasteiger partial charge in [0.25, 0.3) is 5.69 Å². The van der Waals surface area contributed by atoms with Crippen LogP contribution in [0, 0.1) is 10.1 Å². The molecule has 0 aliphatic carbocycles. The molecule has 0 aliphatic rings. The van der Waals surface area contributed by atoms with E-state index in [1.807, 2.05) is 0 Å². The Kier molecular flexibility index (Phi) is 4.91. The van der Waals surface area contributed by atoms with Crippen molar-refractivity contribution >= 4 is 41.2 Å². The molecule has 0 spiro atoms. The number of halogens is 1. The fourth-order valence-corrected chi connectivity index (χ4v) is 4.62. The Balaban J connectivity index is 3.40. The van der Waals surface area contributed by atoms with Crippen molar-refractivity contribution in [3.63, 3.8) is 0 Å². The minimum Gasteiger partial charge on any atom is -0.366 e. The lowest BCUT2D eigenvalue weighted by Crippen LogP contribution is -2.17. The molecule has 116 valence electrons. The van der Waals surface area contributed by atoms with Gasteiger partial charge in [-0.1, -0.05) is 0 Å². The van der Waals surface area contributed by atoms with Crippen LogP contribution < -0.4 is 5.73 Å². The standard InChI is InChI=1S/C9H9ClN2O7S2/c10-21(18,19)4-3-20(16,17)8-5-6(9(11)13)1-2-7(8)12(14)15/h1-2,5H,3-4H2,(H2,11,13). The van der Waals surface area contributed by atoms with Gasteiger partial charge >= 0.3 is 0 Å². The van der Waals surface area contributed by atoms with Gasteiger partial charge < -0.3 is 5.73 Å². The molecular weight excluding hydrogens is 348 g/mol. The molecule has 0 aliphatic heterocycles. The summed E-state index contributed by atoms with van der Waals surface area (Å²) in [4.78, 5) is 20.1.